The summed E-state index contributed by atoms with van der Waals surface area (Å²) < 4.78 is 1.94. The number of carbonyl (C=O) groups is 1. The van der Waals surface area contributed by atoms with Crippen LogP contribution in [0.4, 0.5) is 0 Å². The van der Waals surface area contributed by atoms with Crippen molar-refractivity contribution < 1.29 is 4.79 Å². The normalized spacial score (nSPS) is 10.4. The molecular formula is C18H17N3O. The Hall–Kier alpha value is -2.88. The molecule has 1 N–H and O–H groups in total. The van der Waals surface area contributed by atoms with Crippen LogP contribution in [-0.2, 0) is 6.54 Å². The average molecular weight is 291 g/mol. The van der Waals surface area contributed by atoms with E-state index >= 15 is 0 Å². The van der Waals surface area contributed by atoms with Crippen molar-refractivity contribution in [3.8, 4) is 5.69 Å². The average Bonchev–Trinajstić information content (AvgIpc) is 3.08. The molecule has 0 saturated carbocycles. The predicted octanol–water partition coefficient (Wildman–Crippen LogP) is 3.11. The van der Waals surface area contributed by atoms with Gasteiger partial charge in [-0.15, -0.1) is 0 Å². The van der Waals surface area contributed by atoms with E-state index in [2.05, 4.69) is 10.3 Å². The lowest BCUT2D eigenvalue weighted by molar-refractivity contribution is 0.0951. The topological polar surface area (TPSA) is 46.9 Å². The van der Waals surface area contributed by atoms with Crippen molar-refractivity contribution in [1.29, 1.82) is 0 Å². The quantitative estimate of drug-likeness (QED) is 0.803. The summed E-state index contributed by atoms with van der Waals surface area (Å²) in [4.78, 5) is 16.3. The van der Waals surface area contributed by atoms with Crippen molar-refractivity contribution in [2.24, 2.45) is 0 Å². The van der Waals surface area contributed by atoms with Crippen molar-refractivity contribution in [3.63, 3.8) is 0 Å². The zero-order chi connectivity index (χ0) is 15.4. The Bertz CT molecular complexity index is 761. The Labute approximate surface area is 129 Å². The van der Waals surface area contributed by atoms with Crippen LogP contribution in [-0.4, -0.2) is 15.5 Å². The van der Waals surface area contributed by atoms with Gasteiger partial charge in [0.15, 0.2) is 0 Å². The van der Waals surface area contributed by atoms with E-state index in [4.69, 9.17) is 0 Å². The number of para-hydroxylation sites is 1. The van der Waals surface area contributed by atoms with Crippen LogP contribution in [0.25, 0.3) is 5.69 Å². The highest BCUT2D eigenvalue weighted by Gasteiger charge is 2.07. The number of rotatable bonds is 4. The second-order valence-corrected chi connectivity index (χ2v) is 5.15. The fraction of sp³-hybridized carbons (Fsp3) is 0.111. The Morgan fingerprint density at radius 3 is 2.64 bits per heavy atom. The van der Waals surface area contributed by atoms with Crippen molar-refractivity contribution in [2.45, 2.75) is 13.5 Å². The Morgan fingerprint density at radius 2 is 1.91 bits per heavy atom. The largest absolute Gasteiger partial charge is 0.348 e. The molecule has 22 heavy (non-hydrogen) atoms. The number of aryl methyl sites for hydroxylation is 1. The third kappa shape index (κ3) is 3.06. The number of nitrogens with zero attached hydrogens (tertiary/aromatic N) is 2. The first kappa shape index (κ1) is 14.1. The minimum absolute atomic E-state index is 0.0690. The lowest BCUT2D eigenvalue weighted by atomic mass is 10.1. The first-order chi connectivity index (χ1) is 10.7. The second kappa shape index (κ2) is 6.26. The Morgan fingerprint density at radius 1 is 1.14 bits per heavy atom. The van der Waals surface area contributed by atoms with Crippen LogP contribution < -0.4 is 5.32 Å². The van der Waals surface area contributed by atoms with Gasteiger partial charge in [0, 0.05) is 24.5 Å². The van der Waals surface area contributed by atoms with E-state index in [0.717, 1.165) is 16.8 Å². The van der Waals surface area contributed by atoms with Gasteiger partial charge in [0.2, 0.25) is 0 Å². The smallest absolute Gasteiger partial charge is 0.251 e. The van der Waals surface area contributed by atoms with Gasteiger partial charge in [0.1, 0.15) is 0 Å². The molecular weight excluding hydrogens is 274 g/mol. The molecule has 0 atom stereocenters. The van der Waals surface area contributed by atoms with E-state index in [1.807, 2.05) is 66.2 Å². The predicted molar refractivity (Wildman–Crippen MR) is 85.9 cm³/mol. The lowest BCUT2D eigenvalue weighted by Crippen LogP contribution is -2.23. The molecule has 0 fully saturated rings. The summed E-state index contributed by atoms with van der Waals surface area (Å²) in [7, 11) is 0. The fourth-order valence-electron chi connectivity index (χ4n) is 2.30. The maximum atomic E-state index is 12.2. The summed E-state index contributed by atoms with van der Waals surface area (Å²) >= 11 is 0. The zero-order valence-electron chi connectivity index (χ0n) is 12.4. The van der Waals surface area contributed by atoms with Crippen molar-refractivity contribution in [2.75, 3.05) is 0 Å². The van der Waals surface area contributed by atoms with Gasteiger partial charge < -0.3 is 9.88 Å². The Kier molecular flexibility index (Phi) is 4.01. The molecule has 0 aliphatic carbocycles. The molecule has 1 amide bonds. The van der Waals surface area contributed by atoms with Gasteiger partial charge in [-0.3, -0.25) is 4.79 Å². The molecule has 0 aliphatic heterocycles. The van der Waals surface area contributed by atoms with Crippen LogP contribution in [0.2, 0.25) is 0 Å². The van der Waals surface area contributed by atoms with E-state index in [1.54, 1.807) is 12.5 Å². The number of nitrogens with one attached hydrogen (secondary N) is 1. The molecule has 4 heteroatoms. The summed E-state index contributed by atoms with van der Waals surface area (Å²) in [6.07, 6.45) is 5.38. The second-order valence-electron chi connectivity index (χ2n) is 5.15. The van der Waals surface area contributed by atoms with Crippen LogP contribution in [0.5, 0.6) is 0 Å². The molecule has 1 heterocycles. The molecule has 1 aromatic heterocycles. The van der Waals surface area contributed by atoms with Crippen molar-refractivity contribution in [3.05, 3.63) is 83.9 Å². The third-order valence-corrected chi connectivity index (χ3v) is 3.53. The highest BCUT2D eigenvalue weighted by molar-refractivity contribution is 5.94. The molecule has 4 nitrogen and oxygen atoms in total. The molecule has 0 unspecified atom stereocenters. The van der Waals surface area contributed by atoms with E-state index in [1.165, 1.54) is 0 Å². The minimum atomic E-state index is -0.0690. The first-order valence-electron chi connectivity index (χ1n) is 7.15. The summed E-state index contributed by atoms with van der Waals surface area (Å²) in [5.74, 6) is -0.0690. The first-order valence-corrected chi connectivity index (χ1v) is 7.15. The maximum absolute atomic E-state index is 12.2. The maximum Gasteiger partial charge on any atom is 0.251 e. The monoisotopic (exact) mass is 291 g/mol. The minimum Gasteiger partial charge on any atom is -0.348 e. The Balaban J connectivity index is 1.74. The van der Waals surface area contributed by atoms with Crippen molar-refractivity contribution in [1.82, 2.24) is 14.9 Å². The van der Waals surface area contributed by atoms with Crippen LogP contribution >= 0.6 is 0 Å². The highest BCUT2D eigenvalue weighted by Crippen LogP contribution is 2.14. The lowest BCUT2D eigenvalue weighted by Gasteiger charge is -2.11. The van der Waals surface area contributed by atoms with Crippen LogP contribution in [0.1, 0.15) is 21.5 Å². The molecule has 0 saturated heterocycles. The third-order valence-electron chi connectivity index (χ3n) is 3.53. The van der Waals surface area contributed by atoms with Gasteiger partial charge in [-0.25, -0.2) is 4.98 Å². The van der Waals surface area contributed by atoms with Crippen LogP contribution in [0, 0.1) is 6.92 Å². The SMILES string of the molecule is Cc1ccc(C(=O)NCc2ccccc2-n2ccnc2)cc1. The van der Waals surface area contributed by atoms with E-state index in [0.29, 0.717) is 12.1 Å². The summed E-state index contributed by atoms with van der Waals surface area (Å²) in [6.45, 7) is 2.48. The molecule has 3 rings (SSSR count). The van der Waals surface area contributed by atoms with Gasteiger partial charge in [0.05, 0.1) is 12.0 Å². The number of aromatic nitrogens is 2. The number of hydrogen-bond donors (Lipinski definition) is 1. The number of imidazole rings is 1. The molecule has 0 aliphatic rings. The molecule has 3 aromatic rings. The van der Waals surface area contributed by atoms with Crippen molar-refractivity contribution >= 4 is 5.91 Å². The number of carbonyl (C=O) groups excluding carboxylic acids is 1. The zero-order valence-corrected chi connectivity index (χ0v) is 12.4. The molecule has 2 aromatic carbocycles. The number of hydrogen-bond acceptors (Lipinski definition) is 2. The van der Waals surface area contributed by atoms with E-state index in [9.17, 15) is 4.79 Å². The fourth-order valence-corrected chi connectivity index (χ4v) is 2.30. The van der Waals surface area contributed by atoms with Gasteiger partial charge >= 0.3 is 0 Å². The summed E-state index contributed by atoms with van der Waals surface area (Å²) in [6, 6.07) is 15.5. The summed E-state index contributed by atoms with van der Waals surface area (Å²) in [5, 5.41) is 2.96. The number of benzene rings is 2. The summed E-state index contributed by atoms with van der Waals surface area (Å²) in [5.41, 5.74) is 3.87. The molecule has 0 bridgehead atoms. The van der Waals surface area contributed by atoms with Gasteiger partial charge in [0.25, 0.3) is 5.91 Å². The van der Waals surface area contributed by atoms with Gasteiger partial charge in [-0.2, -0.15) is 0 Å². The highest BCUT2D eigenvalue weighted by atomic mass is 16.1. The molecule has 0 spiro atoms. The van der Waals surface area contributed by atoms with Gasteiger partial charge in [-0.05, 0) is 30.7 Å². The van der Waals surface area contributed by atoms with Crippen LogP contribution in [0.3, 0.4) is 0 Å². The van der Waals surface area contributed by atoms with E-state index in [-0.39, 0.29) is 5.91 Å². The standard InChI is InChI=1S/C18H17N3O/c1-14-6-8-15(9-7-14)18(22)20-12-16-4-2-3-5-17(16)21-11-10-19-13-21/h2-11,13H,12H2,1H3,(H,20,22). The van der Waals surface area contributed by atoms with Gasteiger partial charge in [-0.1, -0.05) is 35.9 Å². The molecule has 110 valence electrons. The van der Waals surface area contributed by atoms with E-state index < -0.39 is 0 Å². The van der Waals surface area contributed by atoms with Crippen LogP contribution in [0.15, 0.2) is 67.3 Å². The number of amides is 1. The molecule has 0 radical (unpaired) electrons.